The summed E-state index contributed by atoms with van der Waals surface area (Å²) in [5, 5.41) is 2.45. The molecule has 86 valence electrons. The van der Waals surface area contributed by atoms with E-state index in [1.54, 1.807) is 12.4 Å². The smallest absolute Gasteiger partial charge is 0.273 e. The van der Waals surface area contributed by atoms with Gasteiger partial charge in [0.15, 0.2) is 11.5 Å². The van der Waals surface area contributed by atoms with Gasteiger partial charge in [-0.1, -0.05) is 0 Å². The molecule has 0 unspecified atom stereocenters. The first-order valence-electron chi connectivity index (χ1n) is 4.82. The van der Waals surface area contributed by atoms with Crippen molar-refractivity contribution < 1.29 is 4.79 Å². The van der Waals surface area contributed by atoms with Crippen molar-refractivity contribution in [2.75, 3.05) is 12.8 Å². The first-order chi connectivity index (χ1) is 8.22. The van der Waals surface area contributed by atoms with Gasteiger partial charge in [-0.2, -0.15) is 0 Å². The summed E-state index contributed by atoms with van der Waals surface area (Å²) < 4.78 is 0. The monoisotopic (exact) mass is 230 g/mol. The van der Waals surface area contributed by atoms with E-state index in [9.17, 15) is 4.79 Å². The molecular formula is C10H10N6O. The number of nitrogens with two attached hydrogens (primary N) is 1. The zero-order valence-corrected chi connectivity index (χ0v) is 9.08. The van der Waals surface area contributed by atoms with Gasteiger partial charge in [0.05, 0.1) is 11.9 Å². The molecule has 0 aliphatic rings. The van der Waals surface area contributed by atoms with Crippen LogP contribution >= 0.6 is 0 Å². The van der Waals surface area contributed by atoms with Gasteiger partial charge >= 0.3 is 0 Å². The van der Waals surface area contributed by atoms with Crippen LogP contribution in [-0.2, 0) is 0 Å². The lowest BCUT2D eigenvalue weighted by molar-refractivity contribution is 0.0959. The Balaban J connectivity index is 2.48. The Bertz CT molecular complexity index is 542. The molecule has 2 aromatic heterocycles. The number of aromatic nitrogens is 4. The molecule has 7 heteroatoms. The minimum atomic E-state index is -0.381. The summed E-state index contributed by atoms with van der Waals surface area (Å²) in [4.78, 5) is 27.3. The highest BCUT2D eigenvalue weighted by molar-refractivity contribution is 5.96. The number of anilines is 1. The first-order valence-corrected chi connectivity index (χ1v) is 4.82. The Morgan fingerprint density at radius 3 is 2.65 bits per heavy atom. The van der Waals surface area contributed by atoms with Gasteiger partial charge in [0, 0.05) is 25.0 Å². The van der Waals surface area contributed by atoms with E-state index in [2.05, 4.69) is 25.3 Å². The third kappa shape index (κ3) is 2.17. The predicted molar refractivity (Wildman–Crippen MR) is 60.9 cm³/mol. The Kier molecular flexibility index (Phi) is 2.91. The normalized spacial score (nSPS) is 9.94. The maximum absolute atomic E-state index is 11.5. The Morgan fingerprint density at radius 1 is 1.29 bits per heavy atom. The van der Waals surface area contributed by atoms with Crippen LogP contribution in [0.15, 0.2) is 24.9 Å². The fraction of sp³-hybridized carbons (Fsp3) is 0.100. The number of carbonyl (C=O) groups excluding carboxylic acids is 1. The highest BCUT2D eigenvalue weighted by Crippen LogP contribution is 2.16. The second kappa shape index (κ2) is 4.52. The van der Waals surface area contributed by atoms with E-state index in [1.165, 1.54) is 19.6 Å². The van der Waals surface area contributed by atoms with Crippen LogP contribution in [0, 0.1) is 0 Å². The third-order valence-electron chi connectivity index (χ3n) is 2.10. The molecule has 0 radical (unpaired) electrons. The maximum Gasteiger partial charge on any atom is 0.273 e. The summed E-state index contributed by atoms with van der Waals surface area (Å²) in [5.74, 6) is -0.293. The highest BCUT2D eigenvalue weighted by atomic mass is 16.1. The fourth-order valence-corrected chi connectivity index (χ4v) is 1.25. The minimum absolute atomic E-state index is 0.0879. The molecule has 0 aliphatic heterocycles. The van der Waals surface area contributed by atoms with E-state index >= 15 is 0 Å². The molecule has 17 heavy (non-hydrogen) atoms. The number of nitrogen functional groups attached to an aromatic ring is 1. The molecule has 0 aromatic carbocycles. The number of amides is 1. The van der Waals surface area contributed by atoms with Gasteiger partial charge in [0.2, 0.25) is 0 Å². The molecule has 0 aliphatic carbocycles. The van der Waals surface area contributed by atoms with Gasteiger partial charge in [-0.15, -0.1) is 0 Å². The second-order valence-electron chi connectivity index (χ2n) is 3.20. The molecule has 7 nitrogen and oxygen atoms in total. The average molecular weight is 230 g/mol. The molecule has 2 aromatic rings. The van der Waals surface area contributed by atoms with E-state index < -0.39 is 0 Å². The molecule has 2 heterocycles. The van der Waals surface area contributed by atoms with Crippen LogP contribution in [-0.4, -0.2) is 32.9 Å². The van der Waals surface area contributed by atoms with E-state index in [-0.39, 0.29) is 17.4 Å². The molecule has 2 rings (SSSR count). The molecule has 0 fully saturated rings. The SMILES string of the molecule is CNC(=O)c1nc(-c2cncnc2)cnc1N. The lowest BCUT2D eigenvalue weighted by atomic mass is 10.2. The number of carbonyl (C=O) groups is 1. The summed E-state index contributed by atoms with van der Waals surface area (Å²) in [6, 6.07) is 0. The van der Waals surface area contributed by atoms with Crippen LogP contribution in [0.25, 0.3) is 11.3 Å². The van der Waals surface area contributed by atoms with Gasteiger partial charge < -0.3 is 11.1 Å². The lowest BCUT2D eigenvalue weighted by Gasteiger charge is -2.05. The van der Waals surface area contributed by atoms with Gasteiger partial charge in [-0.05, 0) is 0 Å². The average Bonchev–Trinajstić information content (AvgIpc) is 2.39. The zero-order valence-electron chi connectivity index (χ0n) is 9.08. The number of nitrogens with one attached hydrogen (secondary N) is 1. The first kappa shape index (κ1) is 10.9. The molecule has 3 N–H and O–H groups in total. The molecular weight excluding hydrogens is 220 g/mol. The summed E-state index contributed by atoms with van der Waals surface area (Å²) in [6.45, 7) is 0. The summed E-state index contributed by atoms with van der Waals surface area (Å²) in [5.41, 5.74) is 6.84. The maximum atomic E-state index is 11.5. The van der Waals surface area contributed by atoms with Gasteiger partial charge in [-0.25, -0.2) is 19.9 Å². The van der Waals surface area contributed by atoms with Crippen molar-refractivity contribution in [3.05, 3.63) is 30.6 Å². The van der Waals surface area contributed by atoms with Gasteiger partial charge in [0.1, 0.15) is 6.33 Å². The van der Waals surface area contributed by atoms with Crippen molar-refractivity contribution in [1.82, 2.24) is 25.3 Å². The molecule has 0 atom stereocenters. The zero-order chi connectivity index (χ0) is 12.3. The predicted octanol–water partition coefficient (Wildman–Crippen LogP) is -0.125. The van der Waals surface area contributed by atoms with Crippen LogP contribution in [0.4, 0.5) is 5.82 Å². The van der Waals surface area contributed by atoms with Crippen molar-refractivity contribution in [2.45, 2.75) is 0 Å². The van der Waals surface area contributed by atoms with Crippen LogP contribution in [0.1, 0.15) is 10.5 Å². The third-order valence-corrected chi connectivity index (χ3v) is 2.10. The van der Waals surface area contributed by atoms with Crippen molar-refractivity contribution in [1.29, 1.82) is 0 Å². The number of rotatable bonds is 2. The molecule has 0 spiro atoms. The van der Waals surface area contributed by atoms with Crippen LogP contribution in [0.3, 0.4) is 0 Å². The number of nitrogens with zero attached hydrogens (tertiary/aromatic N) is 4. The van der Waals surface area contributed by atoms with Crippen molar-refractivity contribution in [3.63, 3.8) is 0 Å². The molecule has 0 bridgehead atoms. The highest BCUT2D eigenvalue weighted by Gasteiger charge is 2.13. The standard InChI is InChI=1S/C10H10N6O/c1-12-10(17)8-9(11)15-4-7(16-8)6-2-13-5-14-3-6/h2-5H,1H3,(H2,11,15)(H,12,17). The van der Waals surface area contributed by atoms with Crippen LogP contribution in [0.5, 0.6) is 0 Å². The molecule has 0 saturated heterocycles. The van der Waals surface area contributed by atoms with Crippen LogP contribution < -0.4 is 11.1 Å². The largest absolute Gasteiger partial charge is 0.382 e. The lowest BCUT2D eigenvalue weighted by Crippen LogP contribution is -2.21. The number of hydrogen-bond acceptors (Lipinski definition) is 6. The van der Waals surface area contributed by atoms with E-state index in [0.29, 0.717) is 11.3 Å². The Hall–Kier alpha value is -2.57. The van der Waals surface area contributed by atoms with Gasteiger partial charge in [0.25, 0.3) is 5.91 Å². The minimum Gasteiger partial charge on any atom is -0.382 e. The van der Waals surface area contributed by atoms with Crippen LogP contribution in [0.2, 0.25) is 0 Å². The summed E-state index contributed by atoms with van der Waals surface area (Å²) in [7, 11) is 1.50. The topological polar surface area (TPSA) is 107 Å². The van der Waals surface area contributed by atoms with E-state index in [4.69, 9.17) is 5.73 Å². The second-order valence-corrected chi connectivity index (χ2v) is 3.20. The Morgan fingerprint density at radius 2 is 2.00 bits per heavy atom. The van der Waals surface area contributed by atoms with E-state index in [1.807, 2.05) is 0 Å². The Labute approximate surface area is 97.1 Å². The number of hydrogen-bond donors (Lipinski definition) is 2. The molecule has 1 amide bonds. The summed E-state index contributed by atoms with van der Waals surface area (Å²) >= 11 is 0. The molecule has 0 saturated carbocycles. The van der Waals surface area contributed by atoms with Crippen molar-refractivity contribution in [3.8, 4) is 11.3 Å². The summed E-state index contributed by atoms with van der Waals surface area (Å²) in [6.07, 6.45) is 6.05. The quantitative estimate of drug-likeness (QED) is 0.744. The fourth-order valence-electron chi connectivity index (χ4n) is 1.25. The van der Waals surface area contributed by atoms with Crippen molar-refractivity contribution >= 4 is 11.7 Å². The van der Waals surface area contributed by atoms with E-state index in [0.717, 1.165) is 0 Å². The van der Waals surface area contributed by atoms with Gasteiger partial charge in [-0.3, -0.25) is 4.79 Å². The van der Waals surface area contributed by atoms with Crippen molar-refractivity contribution in [2.24, 2.45) is 0 Å².